The van der Waals surface area contributed by atoms with Crippen molar-refractivity contribution in [2.24, 2.45) is 0 Å². The Balaban J connectivity index is 5.22. The van der Waals surface area contributed by atoms with Gasteiger partial charge in [-0.25, -0.2) is 8.78 Å². The van der Waals surface area contributed by atoms with E-state index in [1.807, 2.05) is 0 Å². The molecule has 0 unspecified atom stereocenters. The molecule has 0 aliphatic rings. The first-order valence-electron chi connectivity index (χ1n) is 4.80. The summed E-state index contributed by atoms with van der Waals surface area (Å²) in [5, 5.41) is 0. The van der Waals surface area contributed by atoms with Crippen LogP contribution in [-0.4, -0.2) is 0 Å². The second kappa shape index (κ2) is 5.74. The van der Waals surface area contributed by atoms with Crippen LogP contribution in [0.4, 0.5) is 8.78 Å². The highest BCUT2D eigenvalue weighted by Gasteiger charge is 2.11. The predicted molar refractivity (Wildman–Crippen MR) is 57.3 cm³/mol. The molecule has 0 rings (SSSR count). The van der Waals surface area contributed by atoms with Crippen molar-refractivity contribution in [2.75, 3.05) is 0 Å². The second-order valence-electron chi connectivity index (χ2n) is 3.36. The van der Waals surface area contributed by atoms with Gasteiger partial charge in [-0.15, -0.1) is 0 Å². The number of halogens is 2. The summed E-state index contributed by atoms with van der Waals surface area (Å²) in [7, 11) is 0. The monoisotopic (exact) mass is 200 g/mol. The van der Waals surface area contributed by atoms with Gasteiger partial charge in [0.1, 0.15) is 0 Å². The molecule has 0 bridgehead atoms. The molecule has 0 amide bonds. The lowest BCUT2D eigenvalue weighted by molar-refractivity contribution is 0.528. The molecule has 2 heteroatoms. The number of hydrogen-bond donors (Lipinski definition) is 0. The molecule has 0 heterocycles. The number of allylic oxidation sites excluding steroid dienone is 6. The maximum Gasteiger partial charge on any atom is 0.161 e. The zero-order valence-electron chi connectivity index (χ0n) is 9.54. The molecule has 0 N–H and O–H groups in total. The fourth-order valence-electron chi connectivity index (χ4n) is 0.897. The molecule has 0 spiro atoms. The third kappa shape index (κ3) is 3.09. The van der Waals surface area contributed by atoms with Crippen LogP contribution >= 0.6 is 0 Å². The maximum absolute atomic E-state index is 13.5. The first kappa shape index (κ1) is 13.1. The number of rotatable bonds is 3. The molecular weight excluding hydrogens is 182 g/mol. The highest BCUT2D eigenvalue weighted by molar-refractivity contribution is 5.37. The Kier molecular flexibility index (Phi) is 5.36. The van der Waals surface area contributed by atoms with Crippen molar-refractivity contribution in [1.29, 1.82) is 0 Å². The van der Waals surface area contributed by atoms with E-state index in [2.05, 4.69) is 0 Å². The summed E-state index contributed by atoms with van der Waals surface area (Å²) in [6, 6.07) is 0. The minimum Gasteiger partial charge on any atom is -0.204 e. The van der Waals surface area contributed by atoms with Crippen molar-refractivity contribution < 1.29 is 8.78 Å². The van der Waals surface area contributed by atoms with E-state index >= 15 is 0 Å². The van der Waals surface area contributed by atoms with Gasteiger partial charge in [-0.05, 0) is 50.8 Å². The molecule has 0 saturated heterocycles. The van der Waals surface area contributed by atoms with Crippen LogP contribution in [0.1, 0.15) is 41.0 Å². The first-order chi connectivity index (χ1) is 6.45. The van der Waals surface area contributed by atoms with Crippen molar-refractivity contribution in [3.8, 4) is 0 Å². The average Bonchev–Trinajstić information content (AvgIpc) is 2.23. The van der Waals surface area contributed by atoms with Gasteiger partial charge in [0.15, 0.2) is 11.7 Å². The van der Waals surface area contributed by atoms with Crippen LogP contribution in [0.2, 0.25) is 0 Å². The minimum absolute atomic E-state index is 0.373. The number of hydrogen-bond acceptors (Lipinski definition) is 0. The van der Waals surface area contributed by atoms with Gasteiger partial charge < -0.3 is 0 Å². The quantitative estimate of drug-likeness (QED) is 0.571. The van der Waals surface area contributed by atoms with Gasteiger partial charge in [-0.2, -0.15) is 0 Å². The molecule has 0 aliphatic heterocycles. The summed E-state index contributed by atoms with van der Waals surface area (Å²) in [5.74, 6) is -1.45. The minimum atomic E-state index is -0.736. The van der Waals surface area contributed by atoms with Crippen LogP contribution in [0, 0.1) is 0 Å². The summed E-state index contributed by atoms with van der Waals surface area (Å²) in [5.41, 5.74) is 1.59. The van der Waals surface area contributed by atoms with E-state index in [0.717, 1.165) is 5.57 Å². The highest BCUT2D eigenvalue weighted by Crippen LogP contribution is 2.25. The summed E-state index contributed by atoms with van der Waals surface area (Å²) in [4.78, 5) is 0. The smallest absolute Gasteiger partial charge is 0.161 e. The van der Waals surface area contributed by atoms with Crippen LogP contribution in [0.25, 0.3) is 0 Å². The van der Waals surface area contributed by atoms with Crippen LogP contribution in [-0.2, 0) is 0 Å². The Hall–Kier alpha value is -0.920. The van der Waals surface area contributed by atoms with E-state index in [9.17, 15) is 8.78 Å². The van der Waals surface area contributed by atoms with Crippen LogP contribution in [0.5, 0.6) is 0 Å². The summed E-state index contributed by atoms with van der Waals surface area (Å²) < 4.78 is 26.8. The van der Waals surface area contributed by atoms with Crippen molar-refractivity contribution in [2.45, 2.75) is 41.0 Å². The van der Waals surface area contributed by atoms with Crippen LogP contribution in [0.15, 0.2) is 34.4 Å². The van der Waals surface area contributed by atoms with Crippen molar-refractivity contribution in [3.63, 3.8) is 0 Å². The SMILES string of the molecule is C/C=C(C)/C(C)=C(F)\C(F)=C(\C)CC. The molecule has 0 aromatic carbocycles. The third-order valence-corrected chi connectivity index (χ3v) is 2.45. The largest absolute Gasteiger partial charge is 0.204 e. The standard InChI is InChI=1S/C12H18F2/c1-6-8(3)10(5)12(14)11(13)9(4)7-2/h6H,7H2,1-5H3/b8-6+,11-9+,12-10+. The summed E-state index contributed by atoms with van der Waals surface area (Å²) in [6.45, 7) is 8.57. The highest BCUT2D eigenvalue weighted by atomic mass is 19.2. The van der Waals surface area contributed by atoms with Gasteiger partial charge in [0.05, 0.1) is 0 Å². The van der Waals surface area contributed by atoms with E-state index in [4.69, 9.17) is 0 Å². The Morgan fingerprint density at radius 3 is 1.93 bits per heavy atom. The Bertz CT molecular complexity index is 293. The van der Waals surface area contributed by atoms with Crippen molar-refractivity contribution in [1.82, 2.24) is 0 Å². The summed E-state index contributed by atoms with van der Waals surface area (Å²) in [6.07, 6.45) is 2.30. The van der Waals surface area contributed by atoms with Crippen molar-refractivity contribution >= 4 is 0 Å². The molecular formula is C12H18F2. The zero-order valence-corrected chi connectivity index (χ0v) is 9.54. The molecule has 0 aromatic heterocycles. The normalized spacial score (nSPS) is 16.4. The van der Waals surface area contributed by atoms with E-state index in [1.54, 1.807) is 40.7 Å². The molecule has 0 radical (unpaired) electrons. The Labute approximate surface area is 85.0 Å². The van der Waals surface area contributed by atoms with Crippen molar-refractivity contribution in [3.05, 3.63) is 34.4 Å². The molecule has 14 heavy (non-hydrogen) atoms. The fourth-order valence-corrected chi connectivity index (χ4v) is 0.897. The van der Waals surface area contributed by atoms with Gasteiger partial charge in [-0.3, -0.25) is 0 Å². The molecule has 0 nitrogen and oxygen atoms in total. The second-order valence-corrected chi connectivity index (χ2v) is 3.36. The van der Waals surface area contributed by atoms with E-state index in [-0.39, 0.29) is 0 Å². The van der Waals surface area contributed by atoms with E-state index in [0.29, 0.717) is 17.6 Å². The van der Waals surface area contributed by atoms with Gasteiger partial charge in [0.25, 0.3) is 0 Å². The molecule has 0 aromatic rings. The first-order valence-corrected chi connectivity index (χ1v) is 4.80. The lowest BCUT2D eigenvalue weighted by Crippen LogP contribution is -1.89. The average molecular weight is 200 g/mol. The Morgan fingerprint density at radius 1 is 1.07 bits per heavy atom. The lowest BCUT2D eigenvalue weighted by Gasteiger charge is -2.05. The van der Waals surface area contributed by atoms with Gasteiger partial charge >= 0.3 is 0 Å². The Morgan fingerprint density at radius 2 is 1.57 bits per heavy atom. The van der Waals surface area contributed by atoms with Gasteiger partial charge in [0.2, 0.25) is 0 Å². The van der Waals surface area contributed by atoms with Crippen LogP contribution in [0.3, 0.4) is 0 Å². The molecule has 0 aliphatic carbocycles. The lowest BCUT2D eigenvalue weighted by atomic mass is 10.1. The molecule has 80 valence electrons. The summed E-state index contributed by atoms with van der Waals surface area (Å²) >= 11 is 0. The third-order valence-electron chi connectivity index (χ3n) is 2.45. The van der Waals surface area contributed by atoms with E-state index in [1.165, 1.54) is 0 Å². The van der Waals surface area contributed by atoms with Gasteiger partial charge in [0, 0.05) is 0 Å². The fraction of sp³-hybridized carbons (Fsp3) is 0.500. The zero-order chi connectivity index (χ0) is 11.3. The predicted octanol–water partition coefficient (Wildman–Crippen LogP) is 4.85. The molecule has 0 saturated carbocycles. The van der Waals surface area contributed by atoms with Crippen LogP contribution < -0.4 is 0 Å². The van der Waals surface area contributed by atoms with Gasteiger partial charge in [-0.1, -0.05) is 13.0 Å². The topological polar surface area (TPSA) is 0 Å². The molecule has 0 fully saturated rings. The molecule has 0 atom stereocenters. The van der Waals surface area contributed by atoms with E-state index < -0.39 is 11.7 Å². The maximum atomic E-state index is 13.5.